The molecule has 0 saturated heterocycles. The highest BCUT2D eigenvalue weighted by molar-refractivity contribution is 7.67. The van der Waals surface area contributed by atoms with Gasteiger partial charge in [-0.2, -0.15) is 0 Å². The van der Waals surface area contributed by atoms with Crippen molar-refractivity contribution in [2.24, 2.45) is 5.41 Å². The standard InChI is InChI=1S/C8H10N2OS2/c1-8(2)4-3-5-6(7(8)13-11)12-10-9-5/h3-4H2,1-2H3. The first-order valence-electron chi connectivity index (χ1n) is 4.14. The second kappa shape index (κ2) is 2.99. The highest BCUT2D eigenvalue weighted by atomic mass is 32.1. The normalized spacial score (nSPS) is 19.7. The fourth-order valence-electron chi connectivity index (χ4n) is 1.55. The van der Waals surface area contributed by atoms with Gasteiger partial charge in [-0.05, 0) is 24.4 Å². The van der Waals surface area contributed by atoms with Gasteiger partial charge in [-0.1, -0.05) is 18.3 Å². The van der Waals surface area contributed by atoms with Crippen LogP contribution in [0.4, 0.5) is 0 Å². The van der Waals surface area contributed by atoms with Crippen LogP contribution in [0.2, 0.25) is 0 Å². The van der Waals surface area contributed by atoms with E-state index < -0.39 is 0 Å². The van der Waals surface area contributed by atoms with E-state index in [9.17, 15) is 4.21 Å². The Morgan fingerprint density at radius 3 is 3.00 bits per heavy atom. The second-order valence-electron chi connectivity index (χ2n) is 3.85. The summed E-state index contributed by atoms with van der Waals surface area (Å²) in [7, 11) is 0. The van der Waals surface area contributed by atoms with Gasteiger partial charge in [0.15, 0.2) is 0 Å². The summed E-state index contributed by atoms with van der Waals surface area (Å²) in [6, 6.07) is 0. The molecule has 0 aliphatic heterocycles. The first kappa shape index (κ1) is 9.02. The molecule has 1 aromatic heterocycles. The molecule has 0 radical (unpaired) electrons. The van der Waals surface area contributed by atoms with E-state index in [0.29, 0.717) is 11.3 Å². The molecule has 70 valence electrons. The molecule has 0 bridgehead atoms. The van der Waals surface area contributed by atoms with Gasteiger partial charge in [-0.3, -0.25) is 0 Å². The van der Waals surface area contributed by atoms with Gasteiger partial charge < -0.3 is 0 Å². The summed E-state index contributed by atoms with van der Waals surface area (Å²) in [5, 5.41) is 4.02. The maximum absolute atomic E-state index is 11.0. The number of aromatic nitrogens is 2. The minimum Gasteiger partial charge on any atom is -0.212 e. The van der Waals surface area contributed by atoms with Crippen molar-refractivity contribution < 1.29 is 4.21 Å². The number of rotatable bonds is 0. The fourth-order valence-corrected chi connectivity index (χ4v) is 3.11. The number of fused-ring (bicyclic) bond motifs is 1. The molecule has 0 unspecified atom stereocenters. The molecular weight excluding hydrogens is 204 g/mol. The number of nitrogens with zero attached hydrogens (tertiary/aromatic N) is 2. The van der Waals surface area contributed by atoms with Gasteiger partial charge >= 0.3 is 0 Å². The Balaban J connectivity index is 2.60. The van der Waals surface area contributed by atoms with Crippen molar-refractivity contribution in [2.45, 2.75) is 26.7 Å². The van der Waals surface area contributed by atoms with E-state index in [-0.39, 0.29) is 5.41 Å². The Labute approximate surface area is 84.4 Å². The van der Waals surface area contributed by atoms with Gasteiger partial charge in [0.1, 0.15) is 0 Å². The molecule has 0 fully saturated rings. The highest BCUT2D eigenvalue weighted by Crippen LogP contribution is 2.35. The predicted octanol–water partition coefficient (Wildman–Crippen LogP) is 1.24. The number of hydrogen-bond donors (Lipinski definition) is 0. The molecule has 1 aromatic rings. The zero-order valence-electron chi connectivity index (χ0n) is 7.53. The molecular formula is C8H10N2OS2. The third-order valence-corrected chi connectivity index (χ3v) is 4.29. The first-order chi connectivity index (χ1) is 6.15. The van der Waals surface area contributed by atoms with E-state index in [1.54, 1.807) is 0 Å². The second-order valence-corrected chi connectivity index (χ2v) is 5.17. The minimum atomic E-state index is 0.00757. The van der Waals surface area contributed by atoms with Gasteiger partial charge in [-0.25, -0.2) is 4.21 Å². The van der Waals surface area contributed by atoms with Gasteiger partial charge in [0, 0.05) is 5.41 Å². The first-order valence-corrected chi connectivity index (χ1v) is 5.65. The molecule has 5 heteroatoms. The van der Waals surface area contributed by atoms with Crippen LogP contribution in [0.5, 0.6) is 0 Å². The van der Waals surface area contributed by atoms with Crippen LogP contribution in [0.1, 0.15) is 30.8 Å². The lowest BCUT2D eigenvalue weighted by Gasteiger charge is -2.28. The molecule has 13 heavy (non-hydrogen) atoms. The Morgan fingerprint density at radius 1 is 1.54 bits per heavy atom. The van der Waals surface area contributed by atoms with E-state index in [2.05, 4.69) is 23.4 Å². The van der Waals surface area contributed by atoms with Crippen molar-refractivity contribution in [3.63, 3.8) is 0 Å². The molecule has 0 N–H and O–H groups in total. The Bertz CT molecular complexity index is 391. The predicted molar refractivity (Wildman–Crippen MR) is 54.3 cm³/mol. The quantitative estimate of drug-likeness (QED) is 0.610. The molecule has 2 rings (SSSR count). The number of aryl methyl sites for hydroxylation is 1. The molecule has 0 atom stereocenters. The van der Waals surface area contributed by atoms with Gasteiger partial charge in [0.05, 0.1) is 26.7 Å². The fraction of sp³-hybridized carbons (Fsp3) is 0.625. The van der Waals surface area contributed by atoms with Crippen LogP contribution in [0.25, 0.3) is 0 Å². The third-order valence-electron chi connectivity index (χ3n) is 2.45. The van der Waals surface area contributed by atoms with Crippen LogP contribution in [-0.4, -0.2) is 18.7 Å². The van der Waals surface area contributed by atoms with E-state index in [0.717, 1.165) is 28.3 Å². The monoisotopic (exact) mass is 214 g/mol. The summed E-state index contributed by atoms with van der Waals surface area (Å²) in [6.45, 7) is 4.21. The summed E-state index contributed by atoms with van der Waals surface area (Å²) in [5.41, 5.74) is 1.01. The van der Waals surface area contributed by atoms with Crippen molar-refractivity contribution >= 4 is 27.7 Å². The van der Waals surface area contributed by atoms with Crippen LogP contribution in [0, 0.1) is 5.41 Å². The molecule has 3 nitrogen and oxygen atoms in total. The molecule has 1 aliphatic carbocycles. The summed E-state index contributed by atoms with van der Waals surface area (Å²) >= 11 is 1.94. The number of hydrogen-bond acceptors (Lipinski definition) is 4. The van der Waals surface area contributed by atoms with E-state index in [4.69, 9.17) is 0 Å². The maximum atomic E-state index is 11.0. The molecule has 0 aromatic carbocycles. The molecule has 0 spiro atoms. The molecule has 1 heterocycles. The lowest BCUT2D eigenvalue weighted by molar-refractivity contribution is 0.469. The van der Waals surface area contributed by atoms with Gasteiger partial charge in [-0.15, -0.1) is 5.10 Å². The van der Waals surface area contributed by atoms with Crippen molar-refractivity contribution in [1.82, 2.24) is 9.59 Å². The van der Waals surface area contributed by atoms with Crippen molar-refractivity contribution in [3.8, 4) is 0 Å². The molecule has 0 amide bonds. The average molecular weight is 214 g/mol. The van der Waals surface area contributed by atoms with Gasteiger partial charge in [0.25, 0.3) is 0 Å². The van der Waals surface area contributed by atoms with Crippen LogP contribution in [-0.2, 0) is 17.7 Å². The van der Waals surface area contributed by atoms with Crippen molar-refractivity contribution in [2.75, 3.05) is 0 Å². The van der Waals surface area contributed by atoms with Crippen molar-refractivity contribution in [1.29, 1.82) is 0 Å². The van der Waals surface area contributed by atoms with Crippen LogP contribution < -0.4 is 0 Å². The summed E-state index contributed by atoms with van der Waals surface area (Å²) in [4.78, 5) is 1.92. The topological polar surface area (TPSA) is 42.9 Å². The zero-order valence-corrected chi connectivity index (χ0v) is 9.17. The Kier molecular flexibility index (Phi) is 2.08. The summed E-state index contributed by atoms with van der Waals surface area (Å²) in [5.74, 6) is 0. The maximum Gasteiger partial charge on any atom is 0.0942 e. The van der Waals surface area contributed by atoms with E-state index >= 15 is 0 Å². The lowest BCUT2D eigenvalue weighted by Crippen LogP contribution is -2.30. The smallest absolute Gasteiger partial charge is 0.0942 e. The van der Waals surface area contributed by atoms with E-state index in [1.807, 2.05) is 0 Å². The molecule has 1 aliphatic rings. The Hall–Kier alpha value is -0.550. The SMILES string of the molecule is CC1(C)CCc2nnsc2C1=S=O. The summed E-state index contributed by atoms with van der Waals surface area (Å²) < 4.78 is 14.9. The minimum absolute atomic E-state index is 0.00757. The van der Waals surface area contributed by atoms with Crippen molar-refractivity contribution in [3.05, 3.63) is 10.6 Å². The van der Waals surface area contributed by atoms with Crippen LogP contribution >= 0.6 is 11.5 Å². The Morgan fingerprint density at radius 2 is 2.31 bits per heavy atom. The van der Waals surface area contributed by atoms with Crippen LogP contribution in [0.3, 0.4) is 0 Å². The lowest BCUT2D eigenvalue weighted by atomic mass is 9.79. The van der Waals surface area contributed by atoms with Crippen LogP contribution in [0.15, 0.2) is 0 Å². The third kappa shape index (κ3) is 1.36. The zero-order chi connectivity index (χ0) is 9.47. The molecule has 0 saturated carbocycles. The summed E-state index contributed by atoms with van der Waals surface area (Å²) in [6.07, 6.45) is 1.94. The largest absolute Gasteiger partial charge is 0.212 e. The van der Waals surface area contributed by atoms with Gasteiger partial charge in [0.2, 0.25) is 0 Å². The highest BCUT2D eigenvalue weighted by Gasteiger charge is 2.34. The average Bonchev–Trinajstić information content (AvgIpc) is 2.50. The van der Waals surface area contributed by atoms with E-state index in [1.165, 1.54) is 11.5 Å².